The van der Waals surface area contributed by atoms with Crippen molar-refractivity contribution in [3.05, 3.63) is 59.2 Å². The highest BCUT2D eigenvalue weighted by Crippen LogP contribution is 2.31. The Balaban J connectivity index is 2.28. The summed E-state index contributed by atoms with van der Waals surface area (Å²) in [6, 6.07) is 13.8. The molecule has 0 fully saturated rings. The predicted octanol–water partition coefficient (Wildman–Crippen LogP) is 4.40. The summed E-state index contributed by atoms with van der Waals surface area (Å²) in [6.45, 7) is 6.44. The lowest BCUT2D eigenvalue weighted by molar-refractivity contribution is 0.281. The van der Waals surface area contributed by atoms with Gasteiger partial charge in [0.15, 0.2) is 0 Å². The minimum absolute atomic E-state index is 0.0575. The summed E-state index contributed by atoms with van der Waals surface area (Å²) < 4.78 is 5.97. The van der Waals surface area contributed by atoms with E-state index in [9.17, 15) is 0 Å². The molecule has 0 atom stereocenters. The minimum atomic E-state index is 0.0575. The third-order valence-electron chi connectivity index (χ3n) is 3.12. The van der Waals surface area contributed by atoms with Gasteiger partial charge in [-0.1, -0.05) is 38.1 Å². The van der Waals surface area contributed by atoms with Crippen LogP contribution >= 0.6 is 0 Å². The summed E-state index contributed by atoms with van der Waals surface area (Å²) in [4.78, 5) is 0. The van der Waals surface area contributed by atoms with Gasteiger partial charge in [0.2, 0.25) is 0 Å². The molecule has 2 aromatic rings. The van der Waals surface area contributed by atoms with Crippen molar-refractivity contribution in [3.8, 4) is 11.5 Å². The monoisotopic (exact) mass is 256 g/mol. The van der Waals surface area contributed by atoms with Crippen LogP contribution in [0.1, 0.15) is 36.5 Å². The summed E-state index contributed by atoms with van der Waals surface area (Å²) in [5.41, 5.74) is 3.28. The summed E-state index contributed by atoms with van der Waals surface area (Å²) >= 11 is 0. The number of ether oxygens (including phenoxy) is 1. The molecular weight excluding hydrogens is 236 g/mol. The van der Waals surface area contributed by atoms with E-state index in [-0.39, 0.29) is 6.61 Å². The molecule has 0 amide bonds. The van der Waals surface area contributed by atoms with E-state index in [0.717, 1.165) is 17.1 Å². The average molecular weight is 256 g/mol. The highest BCUT2D eigenvalue weighted by atomic mass is 16.5. The molecule has 2 rings (SSSR count). The highest BCUT2D eigenvalue weighted by Gasteiger charge is 2.09. The molecule has 0 aliphatic rings. The van der Waals surface area contributed by atoms with E-state index < -0.39 is 0 Å². The van der Waals surface area contributed by atoms with Gasteiger partial charge in [-0.25, -0.2) is 0 Å². The second-order valence-corrected chi connectivity index (χ2v) is 5.10. The average Bonchev–Trinajstić information content (AvgIpc) is 2.39. The van der Waals surface area contributed by atoms with Crippen LogP contribution in [0.5, 0.6) is 11.5 Å². The zero-order valence-electron chi connectivity index (χ0n) is 11.7. The first-order valence-electron chi connectivity index (χ1n) is 6.58. The number of hydrogen-bond donors (Lipinski definition) is 1. The second-order valence-electron chi connectivity index (χ2n) is 5.10. The van der Waals surface area contributed by atoms with Gasteiger partial charge in [-0.3, -0.25) is 0 Å². The van der Waals surface area contributed by atoms with Crippen LogP contribution in [0.25, 0.3) is 0 Å². The molecule has 100 valence electrons. The molecule has 0 saturated carbocycles. The molecule has 0 aliphatic heterocycles. The Bertz CT molecular complexity index is 542. The van der Waals surface area contributed by atoms with E-state index in [4.69, 9.17) is 9.84 Å². The molecule has 0 aliphatic carbocycles. The normalized spacial score (nSPS) is 10.8. The lowest BCUT2D eigenvalue weighted by atomic mass is 10.0. The Morgan fingerprint density at radius 2 is 1.74 bits per heavy atom. The van der Waals surface area contributed by atoms with Gasteiger partial charge in [0.1, 0.15) is 11.5 Å². The quantitative estimate of drug-likeness (QED) is 0.878. The van der Waals surface area contributed by atoms with Crippen LogP contribution in [-0.2, 0) is 6.61 Å². The Morgan fingerprint density at radius 3 is 2.32 bits per heavy atom. The van der Waals surface area contributed by atoms with Gasteiger partial charge >= 0.3 is 0 Å². The van der Waals surface area contributed by atoms with Crippen molar-refractivity contribution in [1.82, 2.24) is 0 Å². The topological polar surface area (TPSA) is 29.5 Å². The van der Waals surface area contributed by atoms with Gasteiger partial charge in [-0.05, 0) is 47.7 Å². The smallest absolute Gasteiger partial charge is 0.131 e. The van der Waals surface area contributed by atoms with E-state index in [1.807, 2.05) is 24.3 Å². The van der Waals surface area contributed by atoms with E-state index in [0.29, 0.717) is 5.92 Å². The molecule has 0 saturated heterocycles. The van der Waals surface area contributed by atoms with Crippen molar-refractivity contribution in [1.29, 1.82) is 0 Å². The van der Waals surface area contributed by atoms with Crippen LogP contribution in [0.4, 0.5) is 0 Å². The minimum Gasteiger partial charge on any atom is -0.457 e. The van der Waals surface area contributed by atoms with E-state index in [2.05, 4.69) is 39.0 Å². The first kappa shape index (κ1) is 13.6. The van der Waals surface area contributed by atoms with Gasteiger partial charge in [-0.2, -0.15) is 0 Å². The van der Waals surface area contributed by atoms with Crippen molar-refractivity contribution in [2.45, 2.75) is 33.3 Å². The molecular formula is C17H20O2. The molecule has 0 aromatic heterocycles. The molecule has 0 spiro atoms. The first-order valence-corrected chi connectivity index (χ1v) is 6.58. The molecule has 0 unspecified atom stereocenters. The largest absolute Gasteiger partial charge is 0.457 e. The first-order chi connectivity index (χ1) is 9.10. The molecule has 1 N–H and O–H groups in total. The molecule has 0 bridgehead atoms. The van der Waals surface area contributed by atoms with Crippen molar-refractivity contribution < 1.29 is 9.84 Å². The Kier molecular flexibility index (Phi) is 4.23. The van der Waals surface area contributed by atoms with Gasteiger partial charge in [0, 0.05) is 0 Å². The van der Waals surface area contributed by atoms with Crippen LogP contribution < -0.4 is 4.74 Å². The molecule has 0 heterocycles. The fourth-order valence-electron chi connectivity index (χ4n) is 2.00. The summed E-state index contributed by atoms with van der Waals surface area (Å²) in [7, 11) is 0. The molecule has 2 heteroatoms. The van der Waals surface area contributed by atoms with Crippen LogP contribution in [0, 0.1) is 6.92 Å². The highest BCUT2D eigenvalue weighted by molar-refractivity contribution is 5.42. The standard InChI is InChI=1S/C17H20O2/c1-12(2)16-9-4-13(3)10-17(16)19-15-7-5-14(11-18)6-8-15/h4-10,12,18H,11H2,1-3H3. The van der Waals surface area contributed by atoms with Crippen LogP contribution in [0.3, 0.4) is 0 Å². The zero-order chi connectivity index (χ0) is 13.8. The lowest BCUT2D eigenvalue weighted by Crippen LogP contribution is -1.95. The molecule has 0 radical (unpaired) electrons. The summed E-state index contributed by atoms with van der Waals surface area (Å²) in [6.07, 6.45) is 0. The SMILES string of the molecule is Cc1ccc(C(C)C)c(Oc2ccc(CO)cc2)c1. The van der Waals surface area contributed by atoms with Crippen molar-refractivity contribution in [2.75, 3.05) is 0 Å². The fraction of sp³-hybridized carbons (Fsp3) is 0.294. The van der Waals surface area contributed by atoms with Gasteiger partial charge in [0.25, 0.3) is 0 Å². The molecule has 19 heavy (non-hydrogen) atoms. The maximum Gasteiger partial charge on any atom is 0.131 e. The number of aliphatic hydroxyl groups is 1. The Morgan fingerprint density at radius 1 is 1.05 bits per heavy atom. The van der Waals surface area contributed by atoms with Gasteiger partial charge in [0.05, 0.1) is 6.61 Å². The Hall–Kier alpha value is -1.80. The van der Waals surface area contributed by atoms with Crippen LogP contribution in [-0.4, -0.2) is 5.11 Å². The number of rotatable bonds is 4. The maximum atomic E-state index is 9.03. The molecule has 2 nitrogen and oxygen atoms in total. The van der Waals surface area contributed by atoms with Gasteiger partial charge in [-0.15, -0.1) is 0 Å². The number of aliphatic hydroxyl groups excluding tert-OH is 1. The third-order valence-corrected chi connectivity index (χ3v) is 3.12. The van der Waals surface area contributed by atoms with Crippen LogP contribution in [0.2, 0.25) is 0 Å². The number of aryl methyl sites for hydroxylation is 1. The molecule has 2 aromatic carbocycles. The summed E-state index contributed by atoms with van der Waals surface area (Å²) in [5, 5.41) is 9.03. The summed E-state index contributed by atoms with van der Waals surface area (Å²) in [5.74, 6) is 2.13. The van der Waals surface area contributed by atoms with E-state index in [1.54, 1.807) is 0 Å². The van der Waals surface area contributed by atoms with Crippen molar-refractivity contribution in [3.63, 3.8) is 0 Å². The number of benzene rings is 2. The predicted molar refractivity (Wildman–Crippen MR) is 77.7 cm³/mol. The van der Waals surface area contributed by atoms with Crippen LogP contribution in [0.15, 0.2) is 42.5 Å². The lowest BCUT2D eigenvalue weighted by Gasteiger charge is -2.14. The third kappa shape index (κ3) is 3.36. The van der Waals surface area contributed by atoms with E-state index >= 15 is 0 Å². The van der Waals surface area contributed by atoms with Crippen molar-refractivity contribution >= 4 is 0 Å². The fourth-order valence-corrected chi connectivity index (χ4v) is 2.00. The second kappa shape index (κ2) is 5.89. The number of hydrogen-bond acceptors (Lipinski definition) is 2. The zero-order valence-corrected chi connectivity index (χ0v) is 11.7. The Labute approximate surface area is 114 Å². The van der Waals surface area contributed by atoms with Crippen molar-refractivity contribution in [2.24, 2.45) is 0 Å². The van der Waals surface area contributed by atoms with E-state index in [1.165, 1.54) is 11.1 Å². The van der Waals surface area contributed by atoms with Gasteiger partial charge < -0.3 is 9.84 Å². The maximum absolute atomic E-state index is 9.03.